The molecule has 1 aromatic heterocycles. The predicted octanol–water partition coefficient (Wildman–Crippen LogP) is 2.29. The van der Waals surface area contributed by atoms with Crippen molar-refractivity contribution in [2.75, 3.05) is 0 Å². The normalized spacial score (nSPS) is 10.2. The van der Waals surface area contributed by atoms with Gasteiger partial charge in [-0.05, 0) is 24.3 Å². The molecule has 0 radical (unpaired) electrons. The van der Waals surface area contributed by atoms with Gasteiger partial charge in [0.05, 0.1) is 11.3 Å². The van der Waals surface area contributed by atoms with E-state index in [4.69, 9.17) is 5.11 Å². The Bertz CT molecular complexity index is 563. The molecule has 0 aliphatic rings. The van der Waals surface area contributed by atoms with Crippen LogP contribution >= 0.6 is 0 Å². The number of carboxylic acid groups (broad SMARTS) is 1. The lowest BCUT2D eigenvalue weighted by Crippen LogP contribution is -1.97. The highest BCUT2D eigenvalue weighted by molar-refractivity contribution is 5.88. The maximum Gasteiger partial charge on any atom is 0.335 e. The fourth-order valence-electron chi connectivity index (χ4n) is 1.44. The highest BCUT2D eigenvalue weighted by Crippen LogP contribution is 2.23. The number of aromatic carboxylic acids is 1. The monoisotopic (exact) mass is 233 g/mol. The fourth-order valence-corrected chi connectivity index (χ4v) is 1.44. The lowest BCUT2D eigenvalue weighted by atomic mass is 10.1. The lowest BCUT2D eigenvalue weighted by Gasteiger charge is -2.03. The first-order chi connectivity index (χ1) is 8.06. The second-order valence-electron chi connectivity index (χ2n) is 3.43. The van der Waals surface area contributed by atoms with Gasteiger partial charge in [0.1, 0.15) is 11.6 Å². The SMILES string of the molecule is O=C(O)c1ccnc(-c2cc(O)cc(F)c2)c1. The van der Waals surface area contributed by atoms with Crippen LogP contribution in [0.3, 0.4) is 0 Å². The number of phenolic OH excluding ortho intramolecular Hbond substituents is 1. The Balaban J connectivity index is 2.52. The van der Waals surface area contributed by atoms with Crippen molar-refractivity contribution in [1.82, 2.24) is 4.98 Å². The average Bonchev–Trinajstić information content (AvgIpc) is 2.28. The molecule has 2 N–H and O–H groups in total. The second-order valence-corrected chi connectivity index (χ2v) is 3.43. The zero-order chi connectivity index (χ0) is 12.4. The van der Waals surface area contributed by atoms with Gasteiger partial charge in [0.25, 0.3) is 0 Å². The Labute approximate surface area is 96.0 Å². The summed E-state index contributed by atoms with van der Waals surface area (Å²) >= 11 is 0. The minimum Gasteiger partial charge on any atom is -0.508 e. The number of rotatable bonds is 2. The van der Waals surface area contributed by atoms with Crippen molar-refractivity contribution in [3.63, 3.8) is 0 Å². The molecule has 0 atom stereocenters. The van der Waals surface area contributed by atoms with E-state index in [0.29, 0.717) is 11.3 Å². The van der Waals surface area contributed by atoms with Gasteiger partial charge in [-0.15, -0.1) is 0 Å². The molecule has 0 amide bonds. The van der Waals surface area contributed by atoms with Crippen molar-refractivity contribution in [2.24, 2.45) is 0 Å². The summed E-state index contributed by atoms with van der Waals surface area (Å²) < 4.78 is 13.1. The van der Waals surface area contributed by atoms with Crippen molar-refractivity contribution < 1.29 is 19.4 Å². The van der Waals surface area contributed by atoms with E-state index in [9.17, 15) is 14.3 Å². The fraction of sp³-hybridized carbons (Fsp3) is 0. The molecule has 0 unspecified atom stereocenters. The Kier molecular flexibility index (Phi) is 2.74. The van der Waals surface area contributed by atoms with Crippen LogP contribution in [0.1, 0.15) is 10.4 Å². The highest BCUT2D eigenvalue weighted by Gasteiger charge is 2.08. The Morgan fingerprint density at radius 1 is 1.24 bits per heavy atom. The zero-order valence-corrected chi connectivity index (χ0v) is 8.59. The van der Waals surface area contributed by atoms with Crippen LogP contribution in [0.5, 0.6) is 5.75 Å². The average molecular weight is 233 g/mol. The molecule has 86 valence electrons. The number of benzene rings is 1. The van der Waals surface area contributed by atoms with E-state index in [-0.39, 0.29) is 11.3 Å². The Hall–Kier alpha value is -2.43. The molecular formula is C12H8FNO3. The number of carbonyl (C=O) groups is 1. The van der Waals surface area contributed by atoms with Crippen LogP contribution < -0.4 is 0 Å². The van der Waals surface area contributed by atoms with Gasteiger partial charge < -0.3 is 10.2 Å². The smallest absolute Gasteiger partial charge is 0.335 e. The van der Waals surface area contributed by atoms with E-state index in [0.717, 1.165) is 6.07 Å². The molecule has 0 spiro atoms. The molecule has 1 aromatic carbocycles. The Morgan fingerprint density at radius 3 is 2.65 bits per heavy atom. The van der Waals surface area contributed by atoms with Crippen molar-refractivity contribution in [2.45, 2.75) is 0 Å². The van der Waals surface area contributed by atoms with Gasteiger partial charge in [0, 0.05) is 17.8 Å². The molecule has 2 rings (SSSR count). The molecule has 17 heavy (non-hydrogen) atoms. The maximum absolute atomic E-state index is 13.1. The van der Waals surface area contributed by atoms with E-state index in [2.05, 4.69) is 4.98 Å². The van der Waals surface area contributed by atoms with Crippen molar-refractivity contribution in [3.8, 4) is 17.0 Å². The van der Waals surface area contributed by atoms with Gasteiger partial charge >= 0.3 is 5.97 Å². The zero-order valence-electron chi connectivity index (χ0n) is 8.59. The minimum absolute atomic E-state index is 0.0544. The highest BCUT2D eigenvalue weighted by atomic mass is 19.1. The van der Waals surface area contributed by atoms with Crippen LogP contribution in [-0.2, 0) is 0 Å². The molecule has 2 aromatic rings. The van der Waals surface area contributed by atoms with Crippen LogP contribution in [0.2, 0.25) is 0 Å². The number of halogens is 1. The first kappa shape index (κ1) is 11.1. The number of carboxylic acids is 1. The second kappa shape index (κ2) is 4.21. The van der Waals surface area contributed by atoms with Gasteiger partial charge in [0.15, 0.2) is 0 Å². The van der Waals surface area contributed by atoms with Crippen molar-refractivity contribution in [3.05, 3.63) is 47.9 Å². The molecule has 5 heteroatoms. The summed E-state index contributed by atoms with van der Waals surface area (Å²) in [5, 5.41) is 18.1. The first-order valence-corrected chi connectivity index (χ1v) is 4.75. The van der Waals surface area contributed by atoms with Gasteiger partial charge in [-0.1, -0.05) is 0 Å². The summed E-state index contributed by atoms with van der Waals surface area (Å²) in [7, 11) is 0. The number of pyridine rings is 1. The lowest BCUT2D eigenvalue weighted by molar-refractivity contribution is 0.0697. The molecule has 1 heterocycles. The van der Waals surface area contributed by atoms with Crippen LogP contribution in [-0.4, -0.2) is 21.2 Å². The molecule has 4 nitrogen and oxygen atoms in total. The van der Waals surface area contributed by atoms with Gasteiger partial charge in [-0.25, -0.2) is 9.18 Å². The number of hydrogen-bond acceptors (Lipinski definition) is 3. The van der Waals surface area contributed by atoms with E-state index in [1.54, 1.807) is 0 Å². The molecular weight excluding hydrogens is 225 g/mol. The van der Waals surface area contributed by atoms with Gasteiger partial charge in [-0.3, -0.25) is 4.98 Å². The maximum atomic E-state index is 13.1. The van der Waals surface area contributed by atoms with Crippen molar-refractivity contribution in [1.29, 1.82) is 0 Å². The van der Waals surface area contributed by atoms with Crippen LogP contribution in [0, 0.1) is 5.82 Å². The Morgan fingerprint density at radius 2 is 2.00 bits per heavy atom. The predicted molar refractivity (Wildman–Crippen MR) is 58.3 cm³/mol. The summed E-state index contributed by atoms with van der Waals surface area (Å²) in [6.07, 6.45) is 1.32. The first-order valence-electron chi connectivity index (χ1n) is 4.75. The summed E-state index contributed by atoms with van der Waals surface area (Å²) in [6.45, 7) is 0. The molecule has 0 aliphatic carbocycles. The number of phenols is 1. The molecule has 0 saturated carbocycles. The third-order valence-corrected chi connectivity index (χ3v) is 2.19. The summed E-state index contributed by atoms with van der Waals surface area (Å²) in [5.41, 5.74) is 0.670. The van der Waals surface area contributed by atoms with Gasteiger partial charge in [-0.2, -0.15) is 0 Å². The third-order valence-electron chi connectivity index (χ3n) is 2.19. The number of aromatic nitrogens is 1. The molecule has 0 bridgehead atoms. The van der Waals surface area contributed by atoms with Crippen LogP contribution in [0.25, 0.3) is 11.3 Å². The van der Waals surface area contributed by atoms with E-state index in [1.807, 2.05) is 0 Å². The van der Waals surface area contributed by atoms with Crippen LogP contribution in [0.15, 0.2) is 36.5 Å². The van der Waals surface area contributed by atoms with E-state index in [1.165, 1.54) is 30.5 Å². The largest absolute Gasteiger partial charge is 0.508 e. The minimum atomic E-state index is -1.09. The summed E-state index contributed by atoms with van der Waals surface area (Å²) in [5.74, 6) is -1.93. The topological polar surface area (TPSA) is 70.4 Å². The van der Waals surface area contributed by atoms with Crippen LogP contribution in [0.4, 0.5) is 4.39 Å². The van der Waals surface area contributed by atoms with E-state index >= 15 is 0 Å². The van der Waals surface area contributed by atoms with Crippen molar-refractivity contribution >= 4 is 5.97 Å². The summed E-state index contributed by atoms with van der Waals surface area (Å²) in [6, 6.07) is 6.11. The number of nitrogens with zero attached hydrogens (tertiary/aromatic N) is 1. The molecule has 0 aliphatic heterocycles. The number of hydrogen-bond donors (Lipinski definition) is 2. The third kappa shape index (κ3) is 2.39. The van der Waals surface area contributed by atoms with E-state index < -0.39 is 11.8 Å². The van der Waals surface area contributed by atoms with Gasteiger partial charge in [0.2, 0.25) is 0 Å². The quantitative estimate of drug-likeness (QED) is 0.834. The molecule has 0 fully saturated rings. The number of aromatic hydroxyl groups is 1. The summed E-state index contributed by atoms with van der Waals surface area (Å²) in [4.78, 5) is 14.7. The molecule has 0 saturated heterocycles. The standard InChI is InChI=1S/C12H8FNO3/c13-9-3-8(4-10(15)6-9)11-5-7(12(16)17)1-2-14-11/h1-6,15H,(H,16,17).